The maximum absolute atomic E-state index is 6.10. The third-order valence-corrected chi connectivity index (χ3v) is 4.34. The van der Waals surface area contributed by atoms with E-state index in [1.807, 2.05) is 49.5 Å². The van der Waals surface area contributed by atoms with E-state index in [4.69, 9.17) is 9.73 Å². The molecule has 23 heavy (non-hydrogen) atoms. The van der Waals surface area contributed by atoms with E-state index >= 15 is 0 Å². The van der Waals surface area contributed by atoms with Crippen molar-refractivity contribution in [2.24, 2.45) is 4.99 Å². The molecule has 0 aliphatic carbocycles. The molecule has 1 unspecified atom stereocenters. The average Bonchev–Trinajstić information content (AvgIpc) is 2.60. The molecule has 1 aromatic heterocycles. The van der Waals surface area contributed by atoms with E-state index in [1.165, 1.54) is 0 Å². The normalized spacial score (nSPS) is 19.8. The van der Waals surface area contributed by atoms with Crippen LogP contribution in [0.5, 0.6) is 5.75 Å². The highest BCUT2D eigenvalue weighted by molar-refractivity contribution is 6.16. The Morgan fingerprint density at radius 1 is 1.04 bits per heavy atom. The number of nitrogens with zero attached hydrogens (tertiary/aromatic N) is 2. The number of aliphatic imine (C=N–C) groups is 1. The van der Waals surface area contributed by atoms with Crippen LogP contribution in [0.4, 0.5) is 0 Å². The minimum Gasteiger partial charge on any atom is -0.466 e. The molecule has 2 aromatic carbocycles. The Hall–Kier alpha value is -2.68. The van der Waals surface area contributed by atoms with Crippen molar-refractivity contribution in [2.75, 3.05) is 0 Å². The fourth-order valence-corrected chi connectivity index (χ4v) is 2.88. The Balaban J connectivity index is 1.93. The number of aromatic nitrogens is 1. The Morgan fingerprint density at radius 3 is 2.70 bits per heavy atom. The van der Waals surface area contributed by atoms with Crippen LogP contribution in [0.1, 0.15) is 31.4 Å². The minimum absolute atomic E-state index is 0.532. The van der Waals surface area contributed by atoms with Gasteiger partial charge in [0, 0.05) is 29.1 Å². The summed E-state index contributed by atoms with van der Waals surface area (Å²) >= 11 is 0. The Kier molecular flexibility index (Phi) is 3.15. The summed E-state index contributed by atoms with van der Waals surface area (Å²) in [5, 5.41) is 1.12. The first-order valence-corrected chi connectivity index (χ1v) is 7.92. The first-order chi connectivity index (χ1) is 11.2. The van der Waals surface area contributed by atoms with E-state index in [0.29, 0.717) is 0 Å². The third-order valence-electron chi connectivity index (χ3n) is 4.34. The first kappa shape index (κ1) is 13.9. The van der Waals surface area contributed by atoms with Gasteiger partial charge in [-0.1, -0.05) is 37.3 Å². The van der Waals surface area contributed by atoms with Crippen molar-refractivity contribution in [1.82, 2.24) is 4.98 Å². The molecule has 1 aliphatic heterocycles. The maximum Gasteiger partial charge on any atom is 0.197 e. The van der Waals surface area contributed by atoms with Crippen LogP contribution in [0.2, 0.25) is 0 Å². The predicted molar refractivity (Wildman–Crippen MR) is 93.1 cm³/mol. The van der Waals surface area contributed by atoms with Crippen LogP contribution in [0, 0.1) is 0 Å². The number of benzene rings is 2. The van der Waals surface area contributed by atoms with E-state index in [2.05, 4.69) is 30.1 Å². The van der Waals surface area contributed by atoms with Crippen LogP contribution < -0.4 is 4.74 Å². The lowest BCUT2D eigenvalue weighted by molar-refractivity contribution is 0.0903. The number of pyridine rings is 1. The average molecular weight is 302 g/mol. The van der Waals surface area contributed by atoms with Crippen LogP contribution in [-0.2, 0) is 0 Å². The van der Waals surface area contributed by atoms with E-state index in [-0.39, 0.29) is 0 Å². The second-order valence-corrected chi connectivity index (χ2v) is 6.00. The van der Waals surface area contributed by atoms with Crippen molar-refractivity contribution in [1.29, 1.82) is 0 Å². The molecule has 4 rings (SSSR count). The van der Waals surface area contributed by atoms with Crippen molar-refractivity contribution in [3.05, 3.63) is 71.9 Å². The molecule has 0 bridgehead atoms. The van der Waals surface area contributed by atoms with Crippen molar-refractivity contribution < 1.29 is 4.74 Å². The number of fused-ring (bicyclic) bond motifs is 2. The van der Waals surface area contributed by atoms with Gasteiger partial charge in [-0.05, 0) is 31.2 Å². The number of hydrogen-bond donors (Lipinski definition) is 0. The number of para-hydroxylation sites is 2. The highest BCUT2D eigenvalue weighted by Crippen LogP contribution is 2.34. The van der Waals surface area contributed by atoms with Gasteiger partial charge in [0.1, 0.15) is 5.75 Å². The fourth-order valence-electron chi connectivity index (χ4n) is 2.88. The smallest absolute Gasteiger partial charge is 0.197 e. The fraction of sp³-hybridized carbons (Fsp3) is 0.200. The zero-order chi connectivity index (χ0) is 15.9. The molecule has 3 aromatic rings. The van der Waals surface area contributed by atoms with Crippen molar-refractivity contribution in [2.45, 2.75) is 26.0 Å². The Morgan fingerprint density at radius 2 is 1.83 bits per heavy atom. The monoisotopic (exact) mass is 302 g/mol. The van der Waals surface area contributed by atoms with E-state index in [1.54, 1.807) is 0 Å². The van der Waals surface area contributed by atoms with Gasteiger partial charge >= 0.3 is 0 Å². The summed E-state index contributed by atoms with van der Waals surface area (Å²) in [5.41, 5.74) is 3.47. The Bertz CT molecular complexity index is 916. The van der Waals surface area contributed by atoms with Gasteiger partial charge in [0.2, 0.25) is 0 Å². The first-order valence-electron chi connectivity index (χ1n) is 7.92. The summed E-state index contributed by atoms with van der Waals surface area (Å²) in [6.07, 6.45) is 2.71. The van der Waals surface area contributed by atoms with Crippen LogP contribution in [0.15, 0.2) is 65.8 Å². The van der Waals surface area contributed by atoms with Crippen LogP contribution >= 0.6 is 0 Å². The van der Waals surface area contributed by atoms with Crippen LogP contribution in [-0.4, -0.2) is 16.4 Å². The van der Waals surface area contributed by atoms with Gasteiger partial charge in [-0.15, -0.1) is 0 Å². The molecular weight excluding hydrogens is 284 g/mol. The highest BCUT2D eigenvalue weighted by Gasteiger charge is 2.31. The lowest BCUT2D eigenvalue weighted by Gasteiger charge is -2.32. The summed E-state index contributed by atoms with van der Waals surface area (Å²) in [4.78, 5) is 9.49. The molecule has 1 atom stereocenters. The topological polar surface area (TPSA) is 34.5 Å². The van der Waals surface area contributed by atoms with E-state index in [9.17, 15) is 0 Å². The SMILES string of the molecule is CCC1(C)N=C(c2cnc3ccccc3c2)c2ccccc2O1. The standard InChI is InChI=1S/C20H18N2O/c1-3-20(2)22-19(16-9-5-7-11-18(16)23-20)15-12-14-8-4-6-10-17(14)21-13-15/h4-13H,3H2,1-2H3. The zero-order valence-corrected chi connectivity index (χ0v) is 13.3. The molecule has 0 N–H and O–H groups in total. The Labute approximate surface area is 135 Å². The number of hydrogen-bond acceptors (Lipinski definition) is 3. The molecule has 3 heteroatoms. The maximum atomic E-state index is 6.10. The summed E-state index contributed by atoms with van der Waals surface area (Å²) < 4.78 is 6.10. The highest BCUT2D eigenvalue weighted by atomic mass is 16.5. The lowest BCUT2D eigenvalue weighted by Crippen LogP contribution is -2.35. The van der Waals surface area contributed by atoms with Crippen molar-refractivity contribution in [3.63, 3.8) is 0 Å². The molecular formula is C20H18N2O. The zero-order valence-electron chi connectivity index (χ0n) is 13.3. The van der Waals surface area contributed by atoms with E-state index < -0.39 is 5.72 Å². The molecule has 114 valence electrons. The van der Waals surface area contributed by atoms with Crippen molar-refractivity contribution in [3.8, 4) is 5.75 Å². The van der Waals surface area contributed by atoms with Crippen molar-refractivity contribution >= 4 is 16.6 Å². The third kappa shape index (κ3) is 2.38. The molecule has 0 fully saturated rings. The number of ether oxygens (including phenoxy) is 1. The summed E-state index contributed by atoms with van der Waals surface area (Å²) in [6, 6.07) is 18.4. The second kappa shape index (κ2) is 5.20. The molecule has 1 aliphatic rings. The van der Waals surface area contributed by atoms with Gasteiger partial charge in [-0.25, -0.2) is 4.99 Å². The van der Waals surface area contributed by atoms with Gasteiger partial charge in [0.15, 0.2) is 5.72 Å². The molecule has 0 amide bonds. The largest absolute Gasteiger partial charge is 0.466 e. The second-order valence-electron chi connectivity index (χ2n) is 6.00. The molecule has 0 radical (unpaired) electrons. The molecule has 3 nitrogen and oxygen atoms in total. The molecule has 0 spiro atoms. The lowest BCUT2D eigenvalue weighted by atomic mass is 9.98. The minimum atomic E-state index is -0.532. The van der Waals surface area contributed by atoms with Crippen LogP contribution in [0.3, 0.4) is 0 Å². The summed E-state index contributed by atoms with van der Waals surface area (Å²) in [7, 11) is 0. The molecule has 2 heterocycles. The molecule has 0 saturated heterocycles. The summed E-state index contributed by atoms with van der Waals surface area (Å²) in [5.74, 6) is 0.884. The number of rotatable bonds is 2. The van der Waals surface area contributed by atoms with Gasteiger partial charge in [-0.3, -0.25) is 4.98 Å². The van der Waals surface area contributed by atoms with Gasteiger partial charge in [0.05, 0.1) is 11.2 Å². The predicted octanol–water partition coefficient (Wildman–Crippen LogP) is 4.59. The van der Waals surface area contributed by atoms with E-state index in [0.717, 1.165) is 39.9 Å². The summed E-state index contributed by atoms with van der Waals surface area (Å²) in [6.45, 7) is 4.12. The van der Waals surface area contributed by atoms with Crippen LogP contribution in [0.25, 0.3) is 10.9 Å². The van der Waals surface area contributed by atoms with Gasteiger partial charge < -0.3 is 4.74 Å². The van der Waals surface area contributed by atoms with Gasteiger partial charge in [-0.2, -0.15) is 0 Å². The quantitative estimate of drug-likeness (QED) is 0.694. The molecule has 0 saturated carbocycles. The van der Waals surface area contributed by atoms with Gasteiger partial charge in [0.25, 0.3) is 0 Å².